The number of rotatable bonds is 4. The number of fused-ring (bicyclic) bond motifs is 1. The number of aryl methyl sites for hydroxylation is 2. The van der Waals surface area contributed by atoms with Crippen molar-refractivity contribution >= 4 is 11.0 Å². The number of aromatic nitrogens is 2. The van der Waals surface area contributed by atoms with E-state index in [1.165, 1.54) is 0 Å². The minimum absolute atomic E-state index is 0.241. The predicted octanol–water partition coefficient (Wildman–Crippen LogP) is 2.92. The van der Waals surface area contributed by atoms with Gasteiger partial charge in [0.2, 0.25) is 0 Å². The Balaban J connectivity index is 1.72. The van der Waals surface area contributed by atoms with Crippen LogP contribution in [0.5, 0.6) is 5.75 Å². The van der Waals surface area contributed by atoms with Gasteiger partial charge in [-0.1, -0.05) is 6.07 Å². The molecule has 1 aromatic carbocycles. The normalized spacial score (nSPS) is 17.3. The number of hydrogen-bond donors (Lipinski definition) is 0. The van der Waals surface area contributed by atoms with E-state index in [-0.39, 0.29) is 6.10 Å². The highest BCUT2D eigenvalue weighted by molar-refractivity contribution is 5.87. The maximum atomic E-state index is 5.90. The number of hydrogen-bond acceptors (Lipinski definition) is 4. The molecule has 108 valence electrons. The van der Waals surface area contributed by atoms with Gasteiger partial charge in [0, 0.05) is 12.7 Å². The molecule has 0 bridgehead atoms. The van der Waals surface area contributed by atoms with Gasteiger partial charge in [0.1, 0.15) is 29.7 Å². The van der Waals surface area contributed by atoms with Gasteiger partial charge in [0.15, 0.2) is 5.76 Å². The maximum absolute atomic E-state index is 5.90. The number of ether oxygens (including phenoxy) is 2. The van der Waals surface area contributed by atoms with E-state index in [1.54, 1.807) is 0 Å². The van der Waals surface area contributed by atoms with Crippen molar-refractivity contribution < 1.29 is 13.9 Å². The second kappa shape index (κ2) is 4.63. The molecule has 0 amide bonds. The second-order valence-corrected chi connectivity index (χ2v) is 5.34. The maximum Gasteiger partial charge on any atom is 0.155 e. The molecule has 1 aliphatic heterocycles. The summed E-state index contributed by atoms with van der Waals surface area (Å²) in [6.07, 6.45) is 0.241. The molecule has 1 atom stereocenters. The lowest BCUT2D eigenvalue weighted by molar-refractivity contribution is 0.265. The molecule has 3 aromatic rings. The molecule has 3 heterocycles. The van der Waals surface area contributed by atoms with Crippen LogP contribution in [-0.2, 0) is 11.8 Å². The summed E-state index contributed by atoms with van der Waals surface area (Å²) in [6.45, 7) is 3.39. The number of nitrogens with zero attached hydrogens (tertiary/aromatic N) is 2. The zero-order valence-corrected chi connectivity index (χ0v) is 12.0. The lowest BCUT2D eigenvalue weighted by atomic mass is 10.2. The van der Waals surface area contributed by atoms with Crippen LogP contribution in [0.2, 0.25) is 0 Å². The molecule has 0 spiro atoms. The van der Waals surface area contributed by atoms with Gasteiger partial charge in [-0.3, -0.25) is 4.68 Å². The van der Waals surface area contributed by atoms with Gasteiger partial charge in [0.05, 0.1) is 12.0 Å². The predicted molar refractivity (Wildman–Crippen MR) is 78.4 cm³/mol. The first kappa shape index (κ1) is 12.5. The van der Waals surface area contributed by atoms with Crippen LogP contribution in [-0.4, -0.2) is 29.1 Å². The average molecular weight is 284 g/mol. The van der Waals surface area contributed by atoms with Crippen molar-refractivity contribution in [1.82, 2.24) is 9.78 Å². The van der Waals surface area contributed by atoms with Crippen molar-refractivity contribution in [3.63, 3.8) is 0 Å². The Morgan fingerprint density at radius 2 is 2.24 bits per heavy atom. The van der Waals surface area contributed by atoms with E-state index in [4.69, 9.17) is 13.9 Å². The minimum Gasteiger partial charge on any atom is -0.490 e. The fourth-order valence-corrected chi connectivity index (χ4v) is 2.31. The highest BCUT2D eigenvalue weighted by Gasteiger charge is 2.23. The third-order valence-corrected chi connectivity index (χ3v) is 3.71. The molecule has 4 rings (SSSR count). The number of benzene rings is 1. The van der Waals surface area contributed by atoms with E-state index in [2.05, 4.69) is 5.10 Å². The quantitative estimate of drug-likeness (QED) is 0.691. The Morgan fingerprint density at radius 3 is 2.95 bits per heavy atom. The number of epoxide rings is 1. The van der Waals surface area contributed by atoms with Crippen molar-refractivity contribution in [2.75, 3.05) is 13.2 Å². The summed E-state index contributed by atoms with van der Waals surface area (Å²) in [6, 6.07) is 9.82. The first-order valence-corrected chi connectivity index (χ1v) is 6.99. The van der Waals surface area contributed by atoms with Gasteiger partial charge in [-0.05, 0) is 31.2 Å². The fourth-order valence-electron chi connectivity index (χ4n) is 2.31. The molecular formula is C16H16N2O3. The van der Waals surface area contributed by atoms with Crippen LogP contribution in [0.15, 0.2) is 34.7 Å². The van der Waals surface area contributed by atoms with Crippen molar-refractivity contribution in [2.24, 2.45) is 7.05 Å². The van der Waals surface area contributed by atoms with E-state index in [0.29, 0.717) is 6.61 Å². The summed E-state index contributed by atoms with van der Waals surface area (Å²) in [5, 5.41) is 5.42. The largest absolute Gasteiger partial charge is 0.490 e. The van der Waals surface area contributed by atoms with Crippen LogP contribution in [0.1, 0.15) is 5.69 Å². The molecule has 21 heavy (non-hydrogen) atoms. The fraction of sp³-hybridized carbons (Fsp3) is 0.312. The standard InChI is InChI=1S/C16H16N2O3/c1-10-6-13(17-18(10)2)16-7-12-14(20-9-11-8-19-11)4-3-5-15(12)21-16/h3-7,11H,8-9H2,1-2H3. The zero-order chi connectivity index (χ0) is 14.4. The minimum atomic E-state index is 0.241. The lowest BCUT2D eigenvalue weighted by Crippen LogP contribution is -2.03. The van der Waals surface area contributed by atoms with Gasteiger partial charge in [-0.25, -0.2) is 0 Å². The first-order valence-electron chi connectivity index (χ1n) is 6.99. The van der Waals surface area contributed by atoms with Crippen molar-refractivity contribution in [3.8, 4) is 17.2 Å². The Labute approximate surface area is 122 Å². The molecule has 5 heteroatoms. The van der Waals surface area contributed by atoms with Crippen molar-refractivity contribution in [2.45, 2.75) is 13.0 Å². The van der Waals surface area contributed by atoms with Gasteiger partial charge in [0.25, 0.3) is 0 Å². The third-order valence-electron chi connectivity index (χ3n) is 3.71. The van der Waals surface area contributed by atoms with Crippen LogP contribution in [0.25, 0.3) is 22.4 Å². The van der Waals surface area contributed by atoms with Crippen LogP contribution in [0.4, 0.5) is 0 Å². The van der Waals surface area contributed by atoms with E-state index >= 15 is 0 Å². The van der Waals surface area contributed by atoms with Crippen molar-refractivity contribution in [3.05, 3.63) is 36.0 Å². The van der Waals surface area contributed by atoms with Crippen LogP contribution >= 0.6 is 0 Å². The molecule has 0 radical (unpaired) electrons. The second-order valence-electron chi connectivity index (χ2n) is 5.34. The Morgan fingerprint density at radius 1 is 1.38 bits per heavy atom. The van der Waals surface area contributed by atoms with Crippen LogP contribution < -0.4 is 4.74 Å². The molecule has 1 unspecified atom stereocenters. The first-order chi connectivity index (χ1) is 10.2. The molecule has 2 aromatic heterocycles. The van der Waals surface area contributed by atoms with E-state index < -0.39 is 0 Å². The van der Waals surface area contributed by atoms with E-state index in [0.717, 1.165) is 40.5 Å². The van der Waals surface area contributed by atoms with Gasteiger partial charge in [-0.2, -0.15) is 5.10 Å². The zero-order valence-electron chi connectivity index (χ0n) is 12.0. The Bertz CT molecular complexity index is 780. The monoisotopic (exact) mass is 284 g/mol. The van der Waals surface area contributed by atoms with E-state index in [1.807, 2.05) is 49.0 Å². The topological polar surface area (TPSA) is 52.7 Å². The van der Waals surface area contributed by atoms with Gasteiger partial charge >= 0.3 is 0 Å². The van der Waals surface area contributed by atoms with Gasteiger partial charge in [-0.15, -0.1) is 0 Å². The number of furan rings is 1. The highest BCUT2D eigenvalue weighted by Crippen LogP contribution is 2.33. The third kappa shape index (κ3) is 2.29. The highest BCUT2D eigenvalue weighted by atomic mass is 16.6. The van der Waals surface area contributed by atoms with Crippen LogP contribution in [0, 0.1) is 6.92 Å². The van der Waals surface area contributed by atoms with Crippen LogP contribution in [0.3, 0.4) is 0 Å². The van der Waals surface area contributed by atoms with E-state index in [9.17, 15) is 0 Å². The average Bonchev–Trinajstić information content (AvgIpc) is 3.10. The summed E-state index contributed by atoms with van der Waals surface area (Å²) in [5.74, 6) is 1.58. The molecule has 0 saturated carbocycles. The van der Waals surface area contributed by atoms with Crippen molar-refractivity contribution in [1.29, 1.82) is 0 Å². The van der Waals surface area contributed by atoms with Gasteiger partial charge < -0.3 is 13.9 Å². The molecule has 1 saturated heterocycles. The molecule has 5 nitrogen and oxygen atoms in total. The SMILES string of the molecule is Cc1cc(-c2cc3c(OCC4CO4)cccc3o2)nn1C. The Kier molecular flexibility index (Phi) is 2.75. The summed E-state index contributed by atoms with van der Waals surface area (Å²) >= 11 is 0. The molecule has 1 aliphatic rings. The smallest absolute Gasteiger partial charge is 0.155 e. The summed E-state index contributed by atoms with van der Waals surface area (Å²) in [4.78, 5) is 0. The molecule has 1 fully saturated rings. The lowest BCUT2D eigenvalue weighted by Gasteiger charge is -2.04. The Hall–Kier alpha value is -2.27. The molecular weight excluding hydrogens is 268 g/mol. The summed E-state index contributed by atoms with van der Waals surface area (Å²) in [7, 11) is 1.92. The molecule has 0 aliphatic carbocycles. The summed E-state index contributed by atoms with van der Waals surface area (Å²) < 4.78 is 18.7. The summed E-state index contributed by atoms with van der Waals surface area (Å²) in [5.41, 5.74) is 2.73. The molecule has 0 N–H and O–H groups in total.